The summed E-state index contributed by atoms with van der Waals surface area (Å²) in [5.41, 5.74) is 7.15. The Bertz CT molecular complexity index is 666. The first kappa shape index (κ1) is 28.8. The van der Waals surface area contributed by atoms with Gasteiger partial charge in [0.25, 0.3) is 0 Å². The minimum Gasteiger partial charge on any atom is -0.480 e. The van der Waals surface area contributed by atoms with Crippen LogP contribution in [-0.2, 0) is 16.1 Å². The number of carboxylic acids is 1. The van der Waals surface area contributed by atoms with E-state index in [1.54, 1.807) is 11.8 Å². The van der Waals surface area contributed by atoms with Crippen molar-refractivity contribution < 1.29 is 14.7 Å². The fraction of sp³-hybridized carbons (Fsp3) is 0.652. The summed E-state index contributed by atoms with van der Waals surface area (Å²) in [5.74, 6) is 0.391. The second-order valence-corrected chi connectivity index (χ2v) is 9.59. The van der Waals surface area contributed by atoms with Crippen molar-refractivity contribution in [2.45, 2.75) is 51.4 Å². The number of thioether (sulfide) groups is 1. The Morgan fingerprint density at radius 1 is 1.28 bits per heavy atom. The molecule has 1 aromatic carbocycles. The zero-order valence-corrected chi connectivity index (χ0v) is 21.2. The predicted octanol–water partition coefficient (Wildman–Crippen LogP) is 2.07. The molecule has 0 saturated carbocycles. The molecule has 0 heterocycles. The van der Waals surface area contributed by atoms with Gasteiger partial charge in [0.2, 0.25) is 5.91 Å². The molecule has 0 aliphatic heterocycles. The van der Waals surface area contributed by atoms with Gasteiger partial charge in [0.1, 0.15) is 6.04 Å². The maximum atomic E-state index is 12.8. The lowest BCUT2D eigenvalue weighted by Crippen LogP contribution is -2.51. The van der Waals surface area contributed by atoms with Crippen molar-refractivity contribution in [3.05, 3.63) is 35.9 Å². The van der Waals surface area contributed by atoms with E-state index in [9.17, 15) is 14.7 Å². The molecule has 182 valence electrons. The van der Waals surface area contributed by atoms with Gasteiger partial charge < -0.3 is 21.5 Å². The molecule has 0 aromatic heterocycles. The Labute approximate surface area is 202 Å². The van der Waals surface area contributed by atoms with E-state index in [4.69, 9.17) is 5.73 Å². The first-order valence-electron chi connectivity index (χ1n) is 11.2. The van der Waals surface area contributed by atoms with E-state index >= 15 is 0 Å². The number of amides is 1. The summed E-state index contributed by atoms with van der Waals surface area (Å²) in [6.07, 6.45) is 3.32. The Balaban J connectivity index is 2.92. The zero-order chi connectivity index (χ0) is 23.9. The van der Waals surface area contributed by atoms with Crippen molar-refractivity contribution in [3.63, 3.8) is 0 Å². The summed E-state index contributed by atoms with van der Waals surface area (Å²) in [7, 11) is 0. The van der Waals surface area contributed by atoms with Crippen molar-refractivity contribution in [3.8, 4) is 0 Å². The number of carboxylic acid groups (broad SMARTS) is 1. The van der Waals surface area contributed by atoms with Crippen LogP contribution in [0.1, 0.15) is 32.3 Å². The number of rotatable bonds is 17. The molecule has 5 N–H and O–H groups in total. The van der Waals surface area contributed by atoms with E-state index in [0.717, 1.165) is 12.0 Å². The van der Waals surface area contributed by atoms with Crippen LogP contribution in [0, 0.1) is 5.92 Å². The Morgan fingerprint density at radius 3 is 2.53 bits per heavy atom. The number of nitrogens with two attached hydrogens (primary N) is 1. The quantitative estimate of drug-likeness (QED) is 0.216. The SMILES string of the molecule is CC[C@H](C)[C@@H](CN(CC(=O)N[C@@H](CCSC)C(=O)O)Cc1ccccc1)NC[C@@H](N)CS. The highest BCUT2D eigenvalue weighted by atomic mass is 32.2. The van der Waals surface area contributed by atoms with Crippen LogP contribution in [0.2, 0.25) is 0 Å². The number of nitrogens with one attached hydrogen (secondary N) is 2. The van der Waals surface area contributed by atoms with E-state index < -0.39 is 12.0 Å². The molecule has 0 unspecified atom stereocenters. The van der Waals surface area contributed by atoms with Crippen LogP contribution in [0.4, 0.5) is 0 Å². The van der Waals surface area contributed by atoms with Crippen LogP contribution in [0.3, 0.4) is 0 Å². The van der Waals surface area contributed by atoms with Crippen molar-refractivity contribution in [1.29, 1.82) is 0 Å². The molecule has 0 fully saturated rings. The summed E-state index contributed by atoms with van der Waals surface area (Å²) in [5, 5.41) is 15.7. The third-order valence-electron chi connectivity index (χ3n) is 5.52. The molecule has 4 atom stereocenters. The average Bonchev–Trinajstić information content (AvgIpc) is 2.78. The van der Waals surface area contributed by atoms with Gasteiger partial charge in [0, 0.05) is 37.5 Å². The maximum absolute atomic E-state index is 12.8. The Hall–Kier alpha value is -1.26. The molecule has 0 radical (unpaired) electrons. The second kappa shape index (κ2) is 16.4. The maximum Gasteiger partial charge on any atom is 0.326 e. The molecule has 0 spiro atoms. The van der Waals surface area contributed by atoms with E-state index in [0.29, 0.717) is 43.5 Å². The predicted molar refractivity (Wildman–Crippen MR) is 137 cm³/mol. The summed E-state index contributed by atoms with van der Waals surface area (Å²) in [4.78, 5) is 26.4. The zero-order valence-electron chi connectivity index (χ0n) is 19.5. The lowest BCUT2D eigenvalue weighted by Gasteiger charge is -2.32. The summed E-state index contributed by atoms with van der Waals surface area (Å²) >= 11 is 5.83. The number of hydrogen-bond acceptors (Lipinski definition) is 7. The molecule has 1 amide bonds. The second-order valence-electron chi connectivity index (χ2n) is 8.24. The van der Waals surface area contributed by atoms with Crippen LogP contribution >= 0.6 is 24.4 Å². The van der Waals surface area contributed by atoms with Crippen molar-refractivity contribution in [2.75, 3.05) is 37.4 Å². The van der Waals surface area contributed by atoms with Gasteiger partial charge in [-0.15, -0.1) is 0 Å². The van der Waals surface area contributed by atoms with E-state index in [1.165, 1.54) is 0 Å². The molecule has 1 rings (SSSR count). The van der Waals surface area contributed by atoms with Gasteiger partial charge in [-0.2, -0.15) is 24.4 Å². The number of aliphatic carboxylic acids is 1. The number of thiol groups is 1. The minimum absolute atomic E-state index is 0.0384. The van der Waals surface area contributed by atoms with E-state index in [-0.39, 0.29) is 24.5 Å². The van der Waals surface area contributed by atoms with Crippen molar-refractivity contribution >= 4 is 36.3 Å². The van der Waals surface area contributed by atoms with Gasteiger partial charge in [0.05, 0.1) is 6.54 Å². The first-order chi connectivity index (χ1) is 15.3. The molecule has 7 nitrogen and oxygen atoms in total. The minimum atomic E-state index is -0.998. The lowest BCUT2D eigenvalue weighted by molar-refractivity contribution is -0.142. The highest BCUT2D eigenvalue weighted by Gasteiger charge is 2.24. The van der Waals surface area contributed by atoms with Gasteiger partial charge in [-0.05, 0) is 29.9 Å². The van der Waals surface area contributed by atoms with Crippen LogP contribution in [0.25, 0.3) is 0 Å². The number of hydrogen-bond donors (Lipinski definition) is 5. The number of carbonyl (C=O) groups is 2. The number of carbonyl (C=O) groups excluding carboxylic acids is 1. The molecule has 9 heteroatoms. The van der Waals surface area contributed by atoms with Gasteiger partial charge in [-0.25, -0.2) is 4.79 Å². The van der Waals surface area contributed by atoms with Crippen molar-refractivity contribution in [1.82, 2.24) is 15.5 Å². The first-order valence-corrected chi connectivity index (χ1v) is 13.2. The fourth-order valence-electron chi connectivity index (χ4n) is 3.34. The summed E-state index contributed by atoms with van der Waals surface area (Å²) < 4.78 is 0. The normalized spacial score (nSPS) is 15.2. The molecule has 0 saturated heterocycles. The van der Waals surface area contributed by atoms with Gasteiger partial charge >= 0.3 is 5.97 Å². The van der Waals surface area contributed by atoms with E-state index in [1.807, 2.05) is 36.6 Å². The molecule has 1 aromatic rings. The highest BCUT2D eigenvalue weighted by molar-refractivity contribution is 7.98. The average molecular weight is 485 g/mol. The smallest absolute Gasteiger partial charge is 0.326 e. The van der Waals surface area contributed by atoms with Gasteiger partial charge in [-0.3, -0.25) is 9.69 Å². The fourth-order valence-corrected chi connectivity index (χ4v) is 3.94. The topological polar surface area (TPSA) is 108 Å². The molecule has 0 aliphatic rings. The highest BCUT2D eigenvalue weighted by Crippen LogP contribution is 2.13. The Morgan fingerprint density at radius 2 is 1.97 bits per heavy atom. The third-order valence-corrected chi connectivity index (χ3v) is 6.64. The van der Waals surface area contributed by atoms with Crippen LogP contribution in [0.5, 0.6) is 0 Å². The number of nitrogens with zero attached hydrogens (tertiary/aromatic N) is 1. The monoisotopic (exact) mass is 484 g/mol. The Kier molecular flexibility index (Phi) is 14.7. The van der Waals surface area contributed by atoms with Gasteiger partial charge in [0.15, 0.2) is 0 Å². The molecule has 0 aliphatic carbocycles. The van der Waals surface area contributed by atoms with Crippen LogP contribution in [0.15, 0.2) is 30.3 Å². The molecule has 0 bridgehead atoms. The lowest BCUT2D eigenvalue weighted by atomic mass is 9.98. The summed E-state index contributed by atoms with van der Waals surface area (Å²) in [6.45, 7) is 6.37. The van der Waals surface area contributed by atoms with Crippen LogP contribution < -0.4 is 16.4 Å². The van der Waals surface area contributed by atoms with Crippen LogP contribution in [-0.4, -0.2) is 77.4 Å². The van der Waals surface area contributed by atoms with Gasteiger partial charge in [-0.1, -0.05) is 50.6 Å². The third kappa shape index (κ3) is 11.6. The largest absolute Gasteiger partial charge is 0.480 e. The number of benzene rings is 1. The van der Waals surface area contributed by atoms with E-state index in [2.05, 4.69) is 42.0 Å². The standard InChI is InChI=1S/C23H40N4O3S2/c1-4-17(2)21(25-12-19(24)16-31)14-27(13-18-8-6-5-7-9-18)15-22(28)26-20(23(29)30)10-11-32-3/h5-9,17,19-21,25,31H,4,10-16,24H2,1-3H3,(H,26,28)(H,29,30)/t17-,19+,20-,21+/m0/s1. The molecule has 32 heavy (non-hydrogen) atoms. The molecular weight excluding hydrogens is 444 g/mol. The summed E-state index contributed by atoms with van der Waals surface area (Å²) in [6, 6.07) is 9.23. The van der Waals surface area contributed by atoms with Crippen molar-refractivity contribution in [2.24, 2.45) is 11.7 Å². The molecular formula is C23H40N4O3S2.